The number of fused-ring (bicyclic) bond motifs is 1. The third kappa shape index (κ3) is 1.04. The van der Waals surface area contributed by atoms with Crippen LogP contribution in [0.4, 0.5) is 0 Å². The van der Waals surface area contributed by atoms with Crippen molar-refractivity contribution >= 4 is 17.3 Å². The number of aldehydes is 1. The van der Waals surface area contributed by atoms with Crippen LogP contribution >= 0.6 is 0 Å². The number of hydrogen-bond donors (Lipinski definition) is 0. The van der Waals surface area contributed by atoms with Gasteiger partial charge in [0.25, 0.3) is 0 Å². The van der Waals surface area contributed by atoms with Crippen molar-refractivity contribution < 1.29 is 4.79 Å². The van der Waals surface area contributed by atoms with Crippen LogP contribution in [0.15, 0.2) is 18.2 Å². The first-order valence-electron chi connectivity index (χ1n) is 4.11. The fourth-order valence-electron chi connectivity index (χ4n) is 1.48. The van der Waals surface area contributed by atoms with Gasteiger partial charge in [-0.1, -0.05) is 12.1 Å². The number of nitrogens with zero attached hydrogens (tertiary/aromatic N) is 2. The van der Waals surface area contributed by atoms with Crippen molar-refractivity contribution in [3.05, 3.63) is 29.6 Å². The lowest BCUT2D eigenvalue weighted by molar-refractivity contribution is 0.111. The first-order valence-corrected chi connectivity index (χ1v) is 4.11. The van der Waals surface area contributed by atoms with Crippen molar-refractivity contribution in [3.63, 3.8) is 0 Å². The summed E-state index contributed by atoms with van der Waals surface area (Å²) in [6.07, 6.45) is 0.777. The Labute approximate surface area is 76.0 Å². The molecular formula is C10H10N2O. The number of aromatic nitrogens is 2. The van der Waals surface area contributed by atoms with Gasteiger partial charge in [-0.05, 0) is 18.6 Å². The van der Waals surface area contributed by atoms with E-state index >= 15 is 0 Å². The van der Waals surface area contributed by atoms with E-state index in [-0.39, 0.29) is 0 Å². The third-order valence-electron chi connectivity index (χ3n) is 2.25. The molecule has 0 unspecified atom stereocenters. The molecular weight excluding hydrogens is 164 g/mol. The van der Waals surface area contributed by atoms with Gasteiger partial charge in [-0.3, -0.25) is 4.79 Å². The molecule has 13 heavy (non-hydrogen) atoms. The van der Waals surface area contributed by atoms with E-state index in [0.29, 0.717) is 5.82 Å². The van der Waals surface area contributed by atoms with Gasteiger partial charge < -0.3 is 4.57 Å². The van der Waals surface area contributed by atoms with Crippen LogP contribution in [-0.2, 0) is 7.05 Å². The highest BCUT2D eigenvalue weighted by atomic mass is 16.1. The molecule has 3 nitrogen and oxygen atoms in total. The lowest BCUT2D eigenvalue weighted by atomic mass is 10.2. The first-order chi connectivity index (χ1) is 6.24. The van der Waals surface area contributed by atoms with Gasteiger partial charge in [0.05, 0.1) is 11.0 Å². The van der Waals surface area contributed by atoms with Gasteiger partial charge in [0.1, 0.15) is 0 Å². The molecule has 66 valence electrons. The largest absolute Gasteiger partial charge is 0.325 e. The summed E-state index contributed by atoms with van der Waals surface area (Å²) in [6, 6.07) is 5.92. The minimum absolute atomic E-state index is 0.476. The van der Waals surface area contributed by atoms with E-state index in [1.165, 1.54) is 0 Å². The Balaban J connectivity index is 2.91. The number of rotatable bonds is 1. The second-order valence-electron chi connectivity index (χ2n) is 3.09. The van der Waals surface area contributed by atoms with Crippen molar-refractivity contribution in [1.82, 2.24) is 9.55 Å². The minimum Gasteiger partial charge on any atom is -0.325 e. The summed E-state index contributed by atoms with van der Waals surface area (Å²) in [5, 5.41) is 0. The molecule has 1 aromatic carbocycles. The van der Waals surface area contributed by atoms with Crippen LogP contribution in [0.5, 0.6) is 0 Å². The number of aryl methyl sites for hydroxylation is 2. The second-order valence-corrected chi connectivity index (χ2v) is 3.09. The van der Waals surface area contributed by atoms with E-state index in [4.69, 9.17) is 0 Å². The molecule has 0 radical (unpaired) electrons. The van der Waals surface area contributed by atoms with Crippen molar-refractivity contribution in [1.29, 1.82) is 0 Å². The Morgan fingerprint density at radius 3 is 2.85 bits per heavy atom. The van der Waals surface area contributed by atoms with Gasteiger partial charge in [0.2, 0.25) is 0 Å². The van der Waals surface area contributed by atoms with Gasteiger partial charge >= 0.3 is 0 Å². The molecule has 3 heteroatoms. The van der Waals surface area contributed by atoms with Crippen LogP contribution in [0.2, 0.25) is 0 Å². The smallest absolute Gasteiger partial charge is 0.185 e. The highest BCUT2D eigenvalue weighted by Crippen LogP contribution is 2.17. The maximum absolute atomic E-state index is 10.6. The third-order valence-corrected chi connectivity index (χ3v) is 2.25. The summed E-state index contributed by atoms with van der Waals surface area (Å²) < 4.78 is 1.80. The van der Waals surface area contributed by atoms with E-state index in [1.54, 1.807) is 4.57 Å². The Hall–Kier alpha value is -1.64. The van der Waals surface area contributed by atoms with E-state index < -0.39 is 0 Å². The lowest BCUT2D eigenvalue weighted by Crippen LogP contribution is -1.94. The van der Waals surface area contributed by atoms with Gasteiger partial charge in [-0.15, -0.1) is 0 Å². The van der Waals surface area contributed by atoms with Crippen LogP contribution in [0.25, 0.3) is 11.0 Å². The van der Waals surface area contributed by atoms with Crippen molar-refractivity contribution in [2.24, 2.45) is 7.05 Å². The quantitative estimate of drug-likeness (QED) is 0.617. The zero-order valence-electron chi connectivity index (χ0n) is 7.61. The molecule has 0 saturated carbocycles. The molecule has 0 aliphatic rings. The summed E-state index contributed by atoms with van der Waals surface area (Å²) in [4.78, 5) is 14.9. The van der Waals surface area contributed by atoms with Gasteiger partial charge in [0.15, 0.2) is 12.1 Å². The normalized spacial score (nSPS) is 10.6. The summed E-state index contributed by atoms with van der Waals surface area (Å²) in [6.45, 7) is 1.99. The van der Waals surface area contributed by atoms with Crippen LogP contribution in [-0.4, -0.2) is 15.8 Å². The average Bonchev–Trinajstić information content (AvgIpc) is 2.45. The topological polar surface area (TPSA) is 34.9 Å². The van der Waals surface area contributed by atoms with Crippen molar-refractivity contribution in [3.8, 4) is 0 Å². The maximum Gasteiger partial charge on any atom is 0.185 e. The molecule has 0 bridgehead atoms. The van der Waals surface area contributed by atoms with Crippen LogP contribution in [0.1, 0.15) is 16.2 Å². The Morgan fingerprint density at radius 2 is 2.23 bits per heavy atom. The number of carbonyl (C=O) groups is 1. The van der Waals surface area contributed by atoms with Crippen LogP contribution in [0.3, 0.4) is 0 Å². The Morgan fingerprint density at radius 1 is 1.46 bits per heavy atom. The molecule has 0 fully saturated rings. The van der Waals surface area contributed by atoms with Crippen molar-refractivity contribution in [2.75, 3.05) is 0 Å². The molecule has 2 rings (SSSR count). The van der Waals surface area contributed by atoms with Crippen LogP contribution < -0.4 is 0 Å². The van der Waals surface area contributed by atoms with E-state index in [9.17, 15) is 4.79 Å². The fourth-order valence-corrected chi connectivity index (χ4v) is 1.48. The van der Waals surface area contributed by atoms with Crippen molar-refractivity contribution in [2.45, 2.75) is 6.92 Å². The Kier molecular flexibility index (Phi) is 1.65. The summed E-state index contributed by atoms with van der Waals surface area (Å²) in [7, 11) is 1.85. The molecule has 2 aromatic rings. The standard InChI is InChI=1S/C10H10N2O/c1-7-4-3-5-8-10(7)11-9(6-13)12(8)2/h3-6H,1-2H3. The molecule has 1 heterocycles. The average molecular weight is 174 g/mol. The van der Waals surface area contributed by atoms with E-state index in [0.717, 1.165) is 22.9 Å². The van der Waals surface area contributed by atoms with Crippen LogP contribution in [0, 0.1) is 6.92 Å². The van der Waals surface area contributed by atoms with Gasteiger partial charge in [0, 0.05) is 7.05 Å². The van der Waals surface area contributed by atoms with E-state index in [1.807, 2.05) is 32.2 Å². The summed E-state index contributed by atoms with van der Waals surface area (Å²) in [5.74, 6) is 0.476. The Bertz CT molecular complexity index is 471. The lowest BCUT2D eigenvalue weighted by Gasteiger charge is -1.95. The number of para-hydroxylation sites is 1. The highest BCUT2D eigenvalue weighted by molar-refractivity contribution is 5.84. The SMILES string of the molecule is Cc1cccc2c1nc(C=O)n2C. The maximum atomic E-state index is 10.6. The molecule has 0 spiro atoms. The molecule has 0 atom stereocenters. The number of benzene rings is 1. The molecule has 1 aromatic heterocycles. The molecule has 0 aliphatic heterocycles. The highest BCUT2D eigenvalue weighted by Gasteiger charge is 2.07. The zero-order valence-corrected chi connectivity index (χ0v) is 7.61. The van der Waals surface area contributed by atoms with Gasteiger partial charge in [-0.25, -0.2) is 4.98 Å². The molecule has 0 amide bonds. The molecule has 0 saturated heterocycles. The predicted molar refractivity (Wildman–Crippen MR) is 50.8 cm³/mol. The summed E-state index contributed by atoms with van der Waals surface area (Å²) >= 11 is 0. The predicted octanol–water partition coefficient (Wildman–Crippen LogP) is 1.69. The molecule has 0 N–H and O–H groups in total. The summed E-state index contributed by atoms with van der Waals surface area (Å²) in [5.41, 5.74) is 3.01. The number of hydrogen-bond acceptors (Lipinski definition) is 2. The zero-order chi connectivity index (χ0) is 9.42. The fraction of sp³-hybridized carbons (Fsp3) is 0.200. The monoisotopic (exact) mass is 174 g/mol. The second kappa shape index (κ2) is 2.69. The minimum atomic E-state index is 0.476. The molecule has 0 aliphatic carbocycles. The first kappa shape index (κ1) is 7.98. The number of imidazole rings is 1. The van der Waals surface area contributed by atoms with Gasteiger partial charge in [-0.2, -0.15) is 0 Å². The van der Waals surface area contributed by atoms with E-state index in [2.05, 4.69) is 4.98 Å². The number of carbonyl (C=O) groups excluding carboxylic acids is 1.